The topological polar surface area (TPSA) is 65.5 Å². The van der Waals surface area contributed by atoms with Crippen LogP contribution in [0.5, 0.6) is 5.75 Å². The number of carbonyl (C=O) groups is 1. The summed E-state index contributed by atoms with van der Waals surface area (Å²) in [5.74, 6) is -0.307. The summed E-state index contributed by atoms with van der Waals surface area (Å²) in [6.07, 6.45) is 2.85. The van der Waals surface area contributed by atoms with Crippen LogP contribution in [0.15, 0.2) is 54.7 Å². The van der Waals surface area contributed by atoms with Crippen LogP contribution in [-0.2, 0) is 15.7 Å². The number of hydrogen-bond donors (Lipinski definition) is 1. The molecule has 0 bridgehead atoms. The first-order chi connectivity index (χ1) is 23.0. The van der Waals surface area contributed by atoms with E-state index >= 15 is 0 Å². The number of likely N-dealkylation sites (tertiary alicyclic amines) is 1. The molecule has 0 aromatic heterocycles. The van der Waals surface area contributed by atoms with Crippen molar-refractivity contribution in [2.75, 3.05) is 58.5 Å². The standard InChI is InChI=1S/C38H52F3N3O4/c1-5-42(32-8-6-7-9-32)23-29(27-10-13-34(48-4)14-11-27)20-26(2)44-24-30(21-33(44)25-47-3)35-15-12-31(38(39,40)41)22-36(35)43-18-16-28(17-19-43)37(45)46/h10-15,22,28-30,32-33H,2,5-9,16-21,23-25H2,1,3-4H3,(H,45,46)/t29-,30?,33-/m0/s1. The van der Waals surface area contributed by atoms with Crippen LogP contribution < -0.4 is 9.64 Å². The van der Waals surface area contributed by atoms with Crippen LogP contribution in [0, 0.1) is 5.92 Å². The third kappa shape index (κ3) is 8.48. The van der Waals surface area contributed by atoms with Crippen molar-refractivity contribution in [2.45, 2.75) is 88.4 Å². The molecule has 2 aromatic carbocycles. The van der Waals surface area contributed by atoms with Gasteiger partial charge in [-0.05, 0) is 80.5 Å². The number of piperidine rings is 1. The quantitative estimate of drug-likeness (QED) is 0.220. The minimum atomic E-state index is -4.47. The molecule has 1 N–H and O–H groups in total. The maximum Gasteiger partial charge on any atom is 0.416 e. The Morgan fingerprint density at radius 1 is 1.06 bits per heavy atom. The monoisotopic (exact) mass is 671 g/mol. The number of likely N-dealkylation sites (N-methyl/N-ethyl adjacent to an activating group) is 1. The molecule has 2 aliphatic heterocycles. The Morgan fingerprint density at radius 2 is 1.75 bits per heavy atom. The fourth-order valence-electron chi connectivity index (χ4n) is 8.24. The van der Waals surface area contributed by atoms with E-state index in [0.717, 1.165) is 42.9 Å². The minimum absolute atomic E-state index is 0.0264. The van der Waals surface area contributed by atoms with Gasteiger partial charge in [0.1, 0.15) is 5.75 Å². The van der Waals surface area contributed by atoms with Gasteiger partial charge in [-0.3, -0.25) is 4.79 Å². The van der Waals surface area contributed by atoms with E-state index in [4.69, 9.17) is 9.47 Å². The first kappa shape index (κ1) is 36.1. The van der Waals surface area contributed by atoms with Crippen molar-refractivity contribution in [3.8, 4) is 5.75 Å². The molecular weight excluding hydrogens is 619 g/mol. The zero-order valence-electron chi connectivity index (χ0n) is 28.7. The van der Waals surface area contributed by atoms with Crippen molar-refractivity contribution < 1.29 is 32.5 Å². The van der Waals surface area contributed by atoms with E-state index in [2.05, 4.69) is 35.4 Å². The average Bonchev–Trinajstić information content (AvgIpc) is 3.77. The van der Waals surface area contributed by atoms with Gasteiger partial charge < -0.3 is 29.3 Å². The number of allylic oxidation sites excluding steroid dienone is 1. The minimum Gasteiger partial charge on any atom is -0.497 e. The Labute approximate surface area is 283 Å². The van der Waals surface area contributed by atoms with Crippen molar-refractivity contribution in [1.82, 2.24) is 9.80 Å². The molecule has 10 heteroatoms. The molecule has 1 unspecified atom stereocenters. The van der Waals surface area contributed by atoms with Gasteiger partial charge in [-0.15, -0.1) is 0 Å². The Balaban J connectivity index is 1.40. The van der Waals surface area contributed by atoms with Gasteiger partial charge in [0.05, 0.1) is 31.2 Å². The molecule has 2 aromatic rings. The molecule has 3 aliphatic rings. The lowest BCUT2D eigenvalue weighted by Gasteiger charge is -2.35. The number of anilines is 1. The second-order valence-corrected chi connectivity index (χ2v) is 13.8. The number of carboxylic acid groups (broad SMARTS) is 1. The third-order valence-electron chi connectivity index (χ3n) is 10.9. The highest BCUT2D eigenvalue weighted by molar-refractivity contribution is 5.70. The van der Waals surface area contributed by atoms with Gasteiger partial charge in [0.2, 0.25) is 0 Å². The second-order valence-electron chi connectivity index (χ2n) is 13.8. The van der Waals surface area contributed by atoms with Crippen molar-refractivity contribution in [3.05, 3.63) is 71.4 Å². The molecule has 5 rings (SSSR count). The Hall–Kier alpha value is -3.24. The van der Waals surface area contributed by atoms with Gasteiger partial charge in [-0.1, -0.05) is 44.5 Å². The summed E-state index contributed by atoms with van der Waals surface area (Å²) in [6, 6.07) is 13.1. The lowest BCUT2D eigenvalue weighted by molar-refractivity contribution is -0.142. The smallest absolute Gasteiger partial charge is 0.416 e. The van der Waals surface area contributed by atoms with E-state index in [0.29, 0.717) is 50.8 Å². The Bertz CT molecular complexity index is 1370. The fraction of sp³-hybridized carbons (Fsp3) is 0.605. The highest BCUT2D eigenvalue weighted by atomic mass is 19.4. The number of nitrogens with zero attached hydrogens (tertiary/aromatic N) is 3. The third-order valence-corrected chi connectivity index (χ3v) is 10.9. The summed E-state index contributed by atoms with van der Waals surface area (Å²) in [6.45, 7) is 10.7. The van der Waals surface area contributed by atoms with Crippen LogP contribution in [0.25, 0.3) is 0 Å². The number of aliphatic carboxylic acids is 1. The van der Waals surface area contributed by atoms with Gasteiger partial charge in [-0.2, -0.15) is 13.2 Å². The molecule has 3 atom stereocenters. The molecule has 0 amide bonds. The van der Waals surface area contributed by atoms with Gasteiger partial charge in [0.25, 0.3) is 0 Å². The first-order valence-electron chi connectivity index (χ1n) is 17.5. The molecule has 2 saturated heterocycles. The predicted molar refractivity (Wildman–Crippen MR) is 183 cm³/mol. The van der Waals surface area contributed by atoms with Crippen molar-refractivity contribution in [1.29, 1.82) is 0 Å². The van der Waals surface area contributed by atoms with Crippen LogP contribution >= 0.6 is 0 Å². The van der Waals surface area contributed by atoms with Crippen LogP contribution in [-0.4, -0.2) is 86.5 Å². The molecular formula is C38H52F3N3O4. The largest absolute Gasteiger partial charge is 0.497 e. The summed E-state index contributed by atoms with van der Waals surface area (Å²) < 4.78 is 52.9. The molecule has 2 heterocycles. The maximum absolute atomic E-state index is 13.9. The highest BCUT2D eigenvalue weighted by Gasteiger charge is 2.39. The summed E-state index contributed by atoms with van der Waals surface area (Å²) >= 11 is 0. The normalized spacial score (nSPS) is 21.6. The summed E-state index contributed by atoms with van der Waals surface area (Å²) in [7, 11) is 3.36. The Kier molecular flexibility index (Phi) is 12.0. The molecule has 0 spiro atoms. The number of ether oxygens (including phenoxy) is 2. The number of rotatable bonds is 14. The van der Waals surface area contributed by atoms with Crippen LogP contribution in [0.3, 0.4) is 0 Å². The molecule has 264 valence electrons. The van der Waals surface area contributed by atoms with Gasteiger partial charge in [0, 0.05) is 62.6 Å². The van der Waals surface area contributed by atoms with Gasteiger partial charge in [0.15, 0.2) is 0 Å². The van der Waals surface area contributed by atoms with Crippen molar-refractivity contribution >= 4 is 11.7 Å². The average molecular weight is 672 g/mol. The van der Waals surface area contributed by atoms with E-state index < -0.39 is 23.6 Å². The zero-order chi connectivity index (χ0) is 34.4. The van der Waals surface area contributed by atoms with E-state index in [9.17, 15) is 23.1 Å². The summed E-state index contributed by atoms with van der Waals surface area (Å²) in [5, 5.41) is 9.51. The van der Waals surface area contributed by atoms with E-state index in [1.54, 1.807) is 20.3 Å². The van der Waals surface area contributed by atoms with Crippen LogP contribution in [0.1, 0.15) is 86.8 Å². The molecule has 1 aliphatic carbocycles. The van der Waals surface area contributed by atoms with E-state index in [1.165, 1.54) is 43.4 Å². The van der Waals surface area contributed by atoms with E-state index in [1.807, 2.05) is 17.0 Å². The lowest BCUT2D eigenvalue weighted by Crippen LogP contribution is -2.38. The lowest BCUT2D eigenvalue weighted by atomic mass is 9.91. The number of methoxy groups -OCH3 is 2. The summed E-state index contributed by atoms with van der Waals surface area (Å²) in [4.78, 5) is 18.5. The molecule has 3 fully saturated rings. The maximum atomic E-state index is 13.9. The van der Waals surface area contributed by atoms with Crippen LogP contribution in [0.4, 0.5) is 18.9 Å². The van der Waals surface area contributed by atoms with Crippen molar-refractivity contribution in [3.63, 3.8) is 0 Å². The highest BCUT2D eigenvalue weighted by Crippen LogP contribution is 2.43. The predicted octanol–water partition coefficient (Wildman–Crippen LogP) is 7.77. The number of benzene rings is 2. The fourth-order valence-corrected chi connectivity index (χ4v) is 8.24. The SMILES string of the molecule is C=C(C[C@@H](CN(CC)C1CCCC1)c1ccc(OC)cc1)N1CC(c2ccc(C(F)(F)F)cc2N2CCC(C(=O)O)CC2)C[C@H]1COC. The first-order valence-corrected chi connectivity index (χ1v) is 17.5. The van der Waals surface area contributed by atoms with Crippen LogP contribution in [0.2, 0.25) is 0 Å². The van der Waals surface area contributed by atoms with Gasteiger partial charge in [-0.25, -0.2) is 0 Å². The molecule has 0 radical (unpaired) electrons. The number of carboxylic acids is 1. The second kappa shape index (κ2) is 16.0. The number of halogens is 3. The van der Waals surface area contributed by atoms with Crippen molar-refractivity contribution in [2.24, 2.45) is 5.92 Å². The number of hydrogen-bond acceptors (Lipinski definition) is 6. The molecule has 1 saturated carbocycles. The molecule has 48 heavy (non-hydrogen) atoms. The molecule has 7 nitrogen and oxygen atoms in total. The van der Waals surface area contributed by atoms with Gasteiger partial charge >= 0.3 is 12.1 Å². The Morgan fingerprint density at radius 3 is 2.33 bits per heavy atom. The van der Waals surface area contributed by atoms with E-state index in [-0.39, 0.29) is 17.9 Å². The number of alkyl halides is 3. The zero-order valence-corrected chi connectivity index (χ0v) is 28.7. The summed E-state index contributed by atoms with van der Waals surface area (Å²) in [5.41, 5.74) is 3.01.